The first-order valence-corrected chi connectivity index (χ1v) is 5.11. The lowest BCUT2D eigenvalue weighted by molar-refractivity contribution is -0.138. The van der Waals surface area contributed by atoms with E-state index in [4.69, 9.17) is 5.11 Å². The van der Waals surface area contributed by atoms with Crippen molar-refractivity contribution < 1.29 is 22.7 Å². The third-order valence-corrected chi connectivity index (χ3v) is 2.33. The van der Waals surface area contributed by atoms with Gasteiger partial charge in [-0.05, 0) is 24.2 Å². The number of likely N-dealkylation sites (N-methyl/N-ethyl adjacent to an activating group) is 1. The summed E-state index contributed by atoms with van der Waals surface area (Å²) in [6, 6.07) is 1.58. The Morgan fingerprint density at radius 1 is 1.35 bits per heavy atom. The zero-order valence-corrected chi connectivity index (χ0v) is 9.18. The SMILES string of the molecule is CCNC(CO)c1ccc(F)cc1C(F)(F)F. The number of benzene rings is 1. The monoisotopic (exact) mass is 251 g/mol. The van der Waals surface area contributed by atoms with Gasteiger partial charge in [0, 0.05) is 0 Å². The Bertz CT molecular complexity index is 378. The van der Waals surface area contributed by atoms with Gasteiger partial charge in [-0.25, -0.2) is 4.39 Å². The molecule has 0 fully saturated rings. The summed E-state index contributed by atoms with van der Waals surface area (Å²) in [5.41, 5.74) is -1.21. The van der Waals surface area contributed by atoms with Crippen LogP contribution in [0.15, 0.2) is 18.2 Å². The molecule has 1 aromatic rings. The number of aliphatic hydroxyl groups excluding tert-OH is 1. The van der Waals surface area contributed by atoms with E-state index < -0.39 is 30.2 Å². The Morgan fingerprint density at radius 2 is 2.00 bits per heavy atom. The topological polar surface area (TPSA) is 32.3 Å². The van der Waals surface area contributed by atoms with Gasteiger partial charge in [0.2, 0.25) is 0 Å². The number of hydrogen-bond acceptors (Lipinski definition) is 2. The van der Waals surface area contributed by atoms with Gasteiger partial charge in [0.15, 0.2) is 0 Å². The molecule has 0 saturated heterocycles. The van der Waals surface area contributed by atoms with Crippen LogP contribution >= 0.6 is 0 Å². The Labute approximate surface area is 96.3 Å². The lowest BCUT2D eigenvalue weighted by atomic mass is 10.00. The van der Waals surface area contributed by atoms with Crippen LogP contribution < -0.4 is 5.32 Å². The van der Waals surface area contributed by atoms with Gasteiger partial charge in [-0.2, -0.15) is 13.2 Å². The lowest BCUT2D eigenvalue weighted by Crippen LogP contribution is -2.26. The Morgan fingerprint density at radius 3 is 2.47 bits per heavy atom. The summed E-state index contributed by atoms with van der Waals surface area (Å²) in [5.74, 6) is -0.950. The van der Waals surface area contributed by atoms with Crippen LogP contribution in [0, 0.1) is 5.82 Å². The van der Waals surface area contributed by atoms with Crippen LogP contribution in [0.3, 0.4) is 0 Å². The predicted octanol–water partition coefficient (Wildman–Crippen LogP) is 2.49. The van der Waals surface area contributed by atoms with Crippen molar-refractivity contribution in [3.05, 3.63) is 35.1 Å². The second-order valence-corrected chi connectivity index (χ2v) is 3.52. The highest BCUT2D eigenvalue weighted by molar-refractivity contribution is 5.33. The lowest BCUT2D eigenvalue weighted by Gasteiger charge is -2.20. The van der Waals surface area contributed by atoms with Crippen LogP contribution in [0.1, 0.15) is 24.1 Å². The van der Waals surface area contributed by atoms with Crippen molar-refractivity contribution in [1.29, 1.82) is 0 Å². The van der Waals surface area contributed by atoms with E-state index in [1.165, 1.54) is 0 Å². The summed E-state index contributed by atoms with van der Waals surface area (Å²) in [4.78, 5) is 0. The second-order valence-electron chi connectivity index (χ2n) is 3.52. The molecule has 0 spiro atoms. The van der Waals surface area contributed by atoms with Gasteiger partial charge in [-0.1, -0.05) is 13.0 Å². The molecule has 1 unspecified atom stereocenters. The molecule has 6 heteroatoms. The van der Waals surface area contributed by atoms with E-state index in [-0.39, 0.29) is 5.56 Å². The minimum atomic E-state index is -4.64. The quantitative estimate of drug-likeness (QED) is 0.806. The zero-order chi connectivity index (χ0) is 13.1. The van der Waals surface area contributed by atoms with E-state index >= 15 is 0 Å². The molecule has 0 bridgehead atoms. The molecule has 1 atom stereocenters. The summed E-state index contributed by atoms with van der Waals surface area (Å²) in [6.45, 7) is 1.63. The van der Waals surface area contributed by atoms with Crippen LogP contribution in [0.5, 0.6) is 0 Å². The first kappa shape index (κ1) is 13.9. The fraction of sp³-hybridized carbons (Fsp3) is 0.455. The average Bonchev–Trinajstić information content (AvgIpc) is 2.25. The molecule has 0 saturated carbocycles. The molecule has 0 heterocycles. The van der Waals surface area contributed by atoms with E-state index in [0.29, 0.717) is 12.6 Å². The van der Waals surface area contributed by atoms with E-state index in [0.717, 1.165) is 12.1 Å². The van der Waals surface area contributed by atoms with E-state index in [2.05, 4.69) is 5.32 Å². The Kier molecular flexibility index (Phi) is 4.47. The third-order valence-electron chi connectivity index (χ3n) is 2.33. The smallest absolute Gasteiger partial charge is 0.394 e. The van der Waals surface area contributed by atoms with Crippen molar-refractivity contribution in [2.45, 2.75) is 19.1 Å². The van der Waals surface area contributed by atoms with E-state index in [1.807, 2.05) is 0 Å². The Hall–Kier alpha value is -1.14. The molecular weight excluding hydrogens is 238 g/mol. The van der Waals surface area contributed by atoms with Crippen LogP contribution in [0.4, 0.5) is 17.6 Å². The second kappa shape index (κ2) is 5.46. The van der Waals surface area contributed by atoms with Crippen LogP contribution in [0.25, 0.3) is 0 Å². The molecule has 1 aromatic carbocycles. The van der Waals surface area contributed by atoms with Crippen molar-refractivity contribution >= 4 is 0 Å². The van der Waals surface area contributed by atoms with Crippen LogP contribution in [-0.2, 0) is 6.18 Å². The number of rotatable bonds is 4. The molecule has 0 aliphatic carbocycles. The van der Waals surface area contributed by atoms with E-state index in [1.54, 1.807) is 6.92 Å². The fourth-order valence-corrected chi connectivity index (χ4v) is 1.60. The molecule has 1 rings (SSSR count). The van der Waals surface area contributed by atoms with Crippen molar-refractivity contribution in [2.24, 2.45) is 0 Å². The summed E-state index contributed by atoms with van der Waals surface area (Å²) in [6.07, 6.45) is -4.64. The molecular formula is C11H13F4NO. The predicted molar refractivity (Wildman–Crippen MR) is 54.9 cm³/mol. The van der Waals surface area contributed by atoms with Gasteiger partial charge in [0.25, 0.3) is 0 Å². The number of hydrogen-bond donors (Lipinski definition) is 2. The summed E-state index contributed by atoms with van der Waals surface area (Å²) >= 11 is 0. The normalized spacial score (nSPS) is 13.8. The molecule has 96 valence electrons. The van der Waals surface area contributed by atoms with Crippen molar-refractivity contribution in [3.8, 4) is 0 Å². The highest BCUT2D eigenvalue weighted by Crippen LogP contribution is 2.35. The first-order valence-electron chi connectivity index (χ1n) is 5.11. The molecule has 0 aliphatic heterocycles. The summed E-state index contributed by atoms with van der Waals surface area (Å²) in [7, 11) is 0. The summed E-state index contributed by atoms with van der Waals surface area (Å²) < 4.78 is 50.9. The van der Waals surface area contributed by atoms with Crippen molar-refractivity contribution in [3.63, 3.8) is 0 Å². The zero-order valence-electron chi connectivity index (χ0n) is 9.18. The minimum Gasteiger partial charge on any atom is -0.394 e. The largest absolute Gasteiger partial charge is 0.416 e. The molecule has 0 amide bonds. The molecule has 17 heavy (non-hydrogen) atoms. The van der Waals surface area contributed by atoms with Crippen LogP contribution in [0.2, 0.25) is 0 Å². The minimum absolute atomic E-state index is 0.150. The highest BCUT2D eigenvalue weighted by atomic mass is 19.4. The van der Waals surface area contributed by atoms with Gasteiger partial charge in [0.1, 0.15) is 5.82 Å². The van der Waals surface area contributed by atoms with Gasteiger partial charge >= 0.3 is 6.18 Å². The number of halogens is 4. The van der Waals surface area contributed by atoms with Crippen molar-refractivity contribution in [2.75, 3.05) is 13.2 Å². The van der Waals surface area contributed by atoms with Gasteiger partial charge in [0.05, 0.1) is 18.2 Å². The van der Waals surface area contributed by atoms with Crippen molar-refractivity contribution in [1.82, 2.24) is 5.32 Å². The average molecular weight is 251 g/mol. The Balaban J connectivity index is 3.22. The maximum absolute atomic E-state index is 12.8. The highest BCUT2D eigenvalue weighted by Gasteiger charge is 2.35. The molecule has 2 N–H and O–H groups in total. The molecule has 0 aliphatic rings. The van der Waals surface area contributed by atoms with E-state index in [9.17, 15) is 17.6 Å². The number of alkyl halides is 3. The van der Waals surface area contributed by atoms with Crippen LogP contribution in [-0.4, -0.2) is 18.3 Å². The molecule has 2 nitrogen and oxygen atoms in total. The number of nitrogens with one attached hydrogen (secondary N) is 1. The maximum atomic E-state index is 12.8. The van der Waals surface area contributed by atoms with Gasteiger partial charge < -0.3 is 10.4 Å². The third kappa shape index (κ3) is 3.41. The maximum Gasteiger partial charge on any atom is 0.416 e. The molecule has 0 aromatic heterocycles. The fourth-order valence-electron chi connectivity index (χ4n) is 1.60. The number of aliphatic hydroxyl groups is 1. The summed E-state index contributed by atoms with van der Waals surface area (Å²) in [5, 5.41) is 11.8. The van der Waals surface area contributed by atoms with Gasteiger partial charge in [-0.15, -0.1) is 0 Å². The standard InChI is InChI=1S/C11H13F4NO/c1-2-16-10(6-17)8-4-3-7(12)5-9(8)11(13,14)15/h3-5,10,16-17H,2,6H2,1H3. The first-order chi connectivity index (χ1) is 7.90. The molecule has 0 radical (unpaired) electrons. The van der Waals surface area contributed by atoms with Gasteiger partial charge in [-0.3, -0.25) is 0 Å².